The molecule has 2 aromatic rings. The van der Waals surface area contributed by atoms with Crippen LogP contribution >= 0.6 is 12.2 Å². The molecule has 0 fully saturated rings. The van der Waals surface area contributed by atoms with Crippen molar-refractivity contribution in [1.29, 1.82) is 0 Å². The number of hydrogen-bond acceptors (Lipinski definition) is 2. The zero-order chi connectivity index (χ0) is 14.7. The van der Waals surface area contributed by atoms with Crippen LogP contribution in [-0.2, 0) is 6.61 Å². The van der Waals surface area contributed by atoms with E-state index in [-0.39, 0.29) is 17.4 Å². The number of ether oxygens (including phenoxy) is 1. The van der Waals surface area contributed by atoms with Gasteiger partial charge in [-0.2, -0.15) is 0 Å². The summed E-state index contributed by atoms with van der Waals surface area (Å²) in [7, 11) is 0. The molecule has 2 aromatic carbocycles. The summed E-state index contributed by atoms with van der Waals surface area (Å²) in [6.45, 7) is 1.83. The van der Waals surface area contributed by atoms with Crippen molar-refractivity contribution in [2.45, 2.75) is 13.5 Å². The Hall–Kier alpha value is -2.01. The smallest absolute Gasteiger partial charge is 0.126 e. The lowest BCUT2D eigenvalue weighted by Gasteiger charge is -2.11. The first-order valence-corrected chi connectivity index (χ1v) is 6.35. The Morgan fingerprint density at radius 2 is 1.95 bits per heavy atom. The molecule has 0 atom stereocenters. The Labute approximate surface area is 121 Å². The van der Waals surface area contributed by atoms with Crippen molar-refractivity contribution in [3.63, 3.8) is 0 Å². The second kappa shape index (κ2) is 5.96. The third kappa shape index (κ3) is 3.30. The van der Waals surface area contributed by atoms with Crippen LogP contribution in [0.3, 0.4) is 0 Å². The van der Waals surface area contributed by atoms with Gasteiger partial charge in [0, 0.05) is 5.56 Å². The summed E-state index contributed by atoms with van der Waals surface area (Å²) in [5, 5.41) is 0. The molecule has 0 spiro atoms. The van der Waals surface area contributed by atoms with E-state index in [9.17, 15) is 8.78 Å². The maximum absolute atomic E-state index is 13.2. The minimum absolute atomic E-state index is 0.110. The molecule has 0 saturated carbocycles. The molecule has 0 unspecified atom stereocenters. The zero-order valence-corrected chi connectivity index (χ0v) is 11.6. The first-order valence-electron chi connectivity index (χ1n) is 5.94. The molecular formula is C15H13F2NOS. The molecule has 0 aromatic heterocycles. The number of benzene rings is 2. The van der Waals surface area contributed by atoms with Crippen LogP contribution in [0.15, 0.2) is 36.4 Å². The highest BCUT2D eigenvalue weighted by molar-refractivity contribution is 7.80. The molecule has 2 nitrogen and oxygen atoms in total. The fraction of sp³-hybridized carbons (Fsp3) is 0.133. The summed E-state index contributed by atoms with van der Waals surface area (Å²) in [6, 6.07) is 8.63. The number of rotatable bonds is 4. The van der Waals surface area contributed by atoms with Crippen molar-refractivity contribution < 1.29 is 13.5 Å². The van der Waals surface area contributed by atoms with E-state index in [2.05, 4.69) is 0 Å². The molecule has 0 aliphatic heterocycles. The van der Waals surface area contributed by atoms with Crippen LogP contribution in [0.1, 0.15) is 16.7 Å². The van der Waals surface area contributed by atoms with Crippen LogP contribution in [0, 0.1) is 18.6 Å². The largest absolute Gasteiger partial charge is 0.489 e. The lowest BCUT2D eigenvalue weighted by atomic mass is 10.1. The fourth-order valence-corrected chi connectivity index (χ4v) is 1.96. The summed E-state index contributed by atoms with van der Waals surface area (Å²) < 4.78 is 31.9. The van der Waals surface area contributed by atoms with Crippen LogP contribution in [-0.4, -0.2) is 4.99 Å². The van der Waals surface area contributed by atoms with Gasteiger partial charge < -0.3 is 10.5 Å². The Bertz CT molecular complexity index is 658. The van der Waals surface area contributed by atoms with E-state index in [4.69, 9.17) is 22.7 Å². The molecule has 0 radical (unpaired) electrons. The summed E-state index contributed by atoms with van der Waals surface area (Å²) >= 11 is 4.88. The summed E-state index contributed by atoms with van der Waals surface area (Å²) in [5.74, 6) is -0.167. The summed E-state index contributed by atoms with van der Waals surface area (Å²) in [4.78, 5) is 0.110. The second-order valence-electron chi connectivity index (χ2n) is 4.37. The molecule has 5 heteroatoms. The molecule has 2 rings (SSSR count). The molecule has 0 heterocycles. The first-order chi connectivity index (χ1) is 9.47. The monoisotopic (exact) mass is 293 g/mol. The maximum Gasteiger partial charge on any atom is 0.126 e. The topological polar surface area (TPSA) is 35.2 Å². The molecule has 0 aliphatic rings. The average Bonchev–Trinajstić information content (AvgIpc) is 2.41. The van der Waals surface area contributed by atoms with Crippen LogP contribution in [0.5, 0.6) is 5.75 Å². The second-order valence-corrected chi connectivity index (χ2v) is 4.81. The molecule has 0 saturated heterocycles. The highest BCUT2D eigenvalue weighted by Crippen LogP contribution is 2.19. The van der Waals surface area contributed by atoms with Crippen LogP contribution in [0.4, 0.5) is 8.78 Å². The number of aryl methyl sites for hydroxylation is 1. The SMILES string of the molecule is Cc1cc(OCc2ccc(F)cc2C(N)=S)ccc1F. The third-order valence-corrected chi connectivity index (χ3v) is 3.08. The number of halogens is 2. The molecule has 0 amide bonds. The van der Waals surface area contributed by atoms with Crippen molar-refractivity contribution in [2.24, 2.45) is 5.73 Å². The van der Waals surface area contributed by atoms with E-state index in [1.165, 1.54) is 24.3 Å². The van der Waals surface area contributed by atoms with Crippen molar-refractivity contribution in [2.75, 3.05) is 0 Å². The highest BCUT2D eigenvalue weighted by Gasteiger charge is 2.08. The van der Waals surface area contributed by atoms with E-state index in [0.717, 1.165) is 0 Å². The number of nitrogens with two attached hydrogens (primary N) is 1. The third-order valence-electron chi connectivity index (χ3n) is 2.86. The van der Waals surface area contributed by atoms with E-state index >= 15 is 0 Å². The predicted molar refractivity (Wildman–Crippen MR) is 77.8 cm³/mol. The van der Waals surface area contributed by atoms with Gasteiger partial charge in [-0.15, -0.1) is 0 Å². The Kier molecular flexibility index (Phi) is 4.29. The van der Waals surface area contributed by atoms with Crippen molar-refractivity contribution >= 4 is 17.2 Å². The van der Waals surface area contributed by atoms with Gasteiger partial charge in [0.1, 0.15) is 29.0 Å². The molecular weight excluding hydrogens is 280 g/mol. The van der Waals surface area contributed by atoms with Gasteiger partial charge in [-0.05, 0) is 48.4 Å². The normalized spacial score (nSPS) is 10.3. The Morgan fingerprint density at radius 1 is 1.20 bits per heavy atom. The molecule has 104 valence electrons. The molecule has 2 N–H and O–H groups in total. The lowest BCUT2D eigenvalue weighted by Crippen LogP contribution is -2.14. The van der Waals surface area contributed by atoms with Crippen molar-refractivity contribution in [3.8, 4) is 5.75 Å². The first kappa shape index (κ1) is 14.4. The van der Waals surface area contributed by atoms with Gasteiger partial charge in [0.25, 0.3) is 0 Å². The standard InChI is InChI=1S/C15H13F2NOS/c1-9-6-12(4-5-14(9)17)19-8-10-2-3-11(16)7-13(10)15(18)20/h2-7H,8H2,1H3,(H2,18,20). The predicted octanol–water partition coefficient (Wildman–Crippen LogP) is 3.49. The summed E-state index contributed by atoms with van der Waals surface area (Å²) in [6.07, 6.45) is 0. The maximum atomic E-state index is 13.2. The Morgan fingerprint density at radius 3 is 2.60 bits per heavy atom. The zero-order valence-electron chi connectivity index (χ0n) is 10.8. The van der Waals surface area contributed by atoms with Gasteiger partial charge in [0.2, 0.25) is 0 Å². The van der Waals surface area contributed by atoms with Gasteiger partial charge in [0.15, 0.2) is 0 Å². The summed E-state index contributed by atoms with van der Waals surface area (Å²) in [5.41, 5.74) is 7.18. The van der Waals surface area contributed by atoms with Crippen LogP contribution in [0.2, 0.25) is 0 Å². The van der Waals surface area contributed by atoms with Gasteiger partial charge >= 0.3 is 0 Å². The Balaban J connectivity index is 2.18. The van der Waals surface area contributed by atoms with Crippen molar-refractivity contribution in [1.82, 2.24) is 0 Å². The van der Waals surface area contributed by atoms with Gasteiger partial charge in [-0.25, -0.2) is 8.78 Å². The average molecular weight is 293 g/mol. The van der Waals surface area contributed by atoms with E-state index in [1.807, 2.05) is 0 Å². The van der Waals surface area contributed by atoms with Gasteiger partial charge in [-0.3, -0.25) is 0 Å². The molecule has 0 aliphatic carbocycles. The minimum atomic E-state index is -0.408. The number of thiocarbonyl (C=S) groups is 1. The molecule has 0 bridgehead atoms. The van der Waals surface area contributed by atoms with Crippen LogP contribution in [0.25, 0.3) is 0 Å². The highest BCUT2D eigenvalue weighted by atomic mass is 32.1. The molecule has 20 heavy (non-hydrogen) atoms. The fourth-order valence-electron chi connectivity index (χ4n) is 1.77. The number of hydrogen-bond donors (Lipinski definition) is 1. The van der Waals surface area contributed by atoms with Crippen LogP contribution < -0.4 is 10.5 Å². The van der Waals surface area contributed by atoms with Gasteiger partial charge in [-0.1, -0.05) is 18.3 Å². The van der Waals surface area contributed by atoms with Crippen molar-refractivity contribution in [3.05, 3.63) is 64.7 Å². The van der Waals surface area contributed by atoms with E-state index < -0.39 is 5.82 Å². The van der Waals surface area contributed by atoms with E-state index in [0.29, 0.717) is 22.4 Å². The van der Waals surface area contributed by atoms with E-state index in [1.54, 1.807) is 19.1 Å². The van der Waals surface area contributed by atoms with Gasteiger partial charge in [0.05, 0.1) is 0 Å². The quantitative estimate of drug-likeness (QED) is 0.877. The lowest BCUT2D eigenvalue weighted by molar-refractivity contribution is 0.305. The minimum Gasteiger partial charge on any atom is -0.489 e.